The molecule has 11 heteroatoms. The lowest BCUT2D eigenvalue weighted by atomic mass is 10.2. The number of thioether (sulfide) groups is 1. The first-order chi connectivity index (χ1) is 16.9. The number of carbonyl (C=O) groups excluding carboxylic acids is 3. The fraction of sp³-hybridized carbons (Fsp3) is 0.250. The van der Waals surface area contributed by atoms with Crippen LogP contribution in [0.4, 0.5) is 0 Å². The number of carbonyl (C=O) groups is 3. The van der Waals surface area contributed by atoms with Crippen molar-refractivity contribution in [3.05, 3.63) is 58.5 Å². The maximum Gasteiger partial charge on any atom is 0.273 e. The maximum absolute atomic E-state index is 12.8. The van der Waals surface area contributed by atoms with Crippen LogP contribution in [0.15, 0.2) is 47.4 Å². The van der Waals surface area contributed by atoms with Gasteiger partial charge in [0.05, 0.1) is 31.8 Å². The molecular formula is C24H25N3O6S2. The molecular weight excluding hydrogens is 490 g/mol. The summed E-state index contributed by atoms with van der Waals surface area (Å²) >= 11 is 6.56. The average Bonchev–Trinajstić information content (AvgIpc) is 3.14. The highest BCUT2D eigenvalue weighted by Gasteiger charge is 2.31. The predicted octanol–water partition coefficient (Wildman–Crippen LogP) is 3.16. The lowest BCUT2D eigenvalue weighted by Crippen LogP contribution is -2.42. The predicted molar refractivity (Wildman–Crippen MR) is 137 cm³/mol. The summed E-state index contributed by atoms with van der Waals surface area (Å²) in [5.41, 5.74) is 5.81. The van der Waals surface area contributed by atoms with Crippen LogP contribution in [0.1, 0.15) is 28.8 Å². The Hall–Kier alpha value is -3.57. The number of benzene rings is 2. The summed E-state index contributed by atoms with van der Waals surface area (Å²) in [5, 5.41) is 0. The van der Waals surface area contributed by atoms with E-state index in [1.165, 1.54) is 23.8 Å². The van der Waals surface area contributed by atoms with E-state index in [0.29, 0.717) is 38.5 Å². The van der Waals surface area contributed by atoms with Crippen LogP contribution >= 0.6 is 24.0 Å². The van der Waals surface area contributed by atoms with Crippen molar-refractivity contribution < 1.29 is 28.6 Å². The molecule has 1 fully saturated rings. The van der Waals surface area contributed by atoms with Gasteiger partial charge >= 0.3 is 0 Å². The molecule has 3 amide bonds. The molecule has 0 aromatic heterocycles. The van der Waals surface area contributed by atoms with Crippen LogP contribution < -0.4 is 25.1 Å². The molecule has 0 bridgehead atoms. The van der Waals surface area contributed by atoms with Gasteiger partial charge in [0.25, 0.3) is 11.8 Å². The van der Waals surface area contributed by atoms with Crippen molar-refractivity contribution in [1.82, 2.24) is 15.8 Å². The lowest BCUT2D eigenvalue weighted by molar-refractivity contribution is -0.124. The molecule has 2 N–H and O–H groups in total. The van der Waals surface area contributed by atoms with Gasteiger partial charge in [0.1, 0.15) is 10.1 Å². The summed E-state index contributed by atoms with van der Waals surface area (Å²) in [4.78, 5) is 39.2. The molecule has 1 aliphatic rings. The van der Waals surface area contributed by atoms with Crippen LogP contribution in [-0.2, 0) is 9.59 Å². The first kappa shape index (κ1) is 26.0. The molecule has 0 unspecified atom stereocenters. The Morgan fingerprint density at radius 3 is 2.43 bits per heavy atom. The van der Waals surface area contributed by atoms with Crippen molar-refractivity contribution in [1.29, 1.82) is 0 Å². The average molecular weight is 516 g/mol. The van der Waals surface area contributed by atoms with Gasteiger partial charge in [-0.1, -0.05) is 42.2 Å². The van der Waals surface area contributed by atoms with Crippen molar-refractivity contribution >= 4 is 52.1 Å². The van der Waals surface area contributed by atoms with Crippen LogP contribution in [0, 0.1) is 0 Å². The van der Waals surface area contributed by atoms with Gasteiger partial charge in [-0.15, -0.1) is 0 Å². The molecule has 1 aliphatic heterocycles. The summed E-state index contributed by atoms with van der Waals surface area (Å²) < 4.78 is 16.1. The highest BCUT2D eigenvalue weighted by Crippen LogP contribution is 2.34. The number of nitrogens with zero attached hydrogens (tertiary/aromatic N) is 1. The molecule has 0 aliphatic carbocycles. The van der Waals surface area contributed by atoms with Crippen LogP contribution in [0.25, 0.3) is 6.08 Å². The van der Waals surface area contributed by atoms with E-state index in [2.05, 4.69) is 10.9 Å². The Bertz CT molecular complexity index is 1170. The number of para-hydroxylation sites is 1. The number of hydrazine groups is 1. The normalized spacial score (nSPS) is 14.1. The van der Waals surface area contributed by atoms with E-state index in [4.69, 9.17) is 26.4 Å². The fourth-order valence-electron chi connectivity index (χ4n) is 3.27. The zero-order valence-electron chi connectivity index (χ0n) is 19.5. The molecule has 0 radical (unpaired) electrons. The first-order valence-corrected chi connectivity index (χ1v) is 11.8. The van der Waals surface area contributed by atoms with E-state index in [0.717, 1.165) is 5.56 Å². The molecule has 2 aromatic rings. The number of hydrogen-bond donors (Lipinski definition) is 2. The number of ether oxygens (including phenoxy) is 3. The summed E-state index contributed by atoms with van der Waals surface area (Å²) in [5.74, 6) is 0.442. The summed E-state index contributed by atoms with van der Waals surface area (Å²) in [7, 11) is 4.56. The zero-order valence-corrected chi connectivity index (χ0v) is 21.1. The van der Waals surface area contributed by atoms with Crippen molar-refractivity contribution in [2.45, 2.75) is 12.8 Å². The second-order valence-electron chi connectivity index (χ2n) is 7.25. The summed E-state index contributed by atoms with van der Waals surface area (Å²) in [6.07, 6.45) is 2.20. The summed E-state index contributed by atoms with van der Waals surface area (Å²) in [6, 6.07) is 12.0. The minimum Gasteiger partial charge on any atom is -0.496 e. The van der Waals surface area contributed by atoms with Gasteiger partial charge in [0.15, 0.2) is 11.5 Å². The van der Waals surface area contributed by atoms with Crippen LogP contribution in [0.2, 0.25) is 0 Å². The molecule has 1 saturated heterocycles. The number of methoxy groups -OCH3 is 3. The number of hydrogen-bond acceptors (Lipinski definition) is 8. The van der Waals surface area contributed by atoms with Gasteiger partial charge in [-0.05, 0) is 42.3 Å². The largest absolute Gasteiger partial charge is 0.496 e. The second kappa shape index (κ2) is 12.2. The Labute approximate surface area is 212 Å². The molecule has 2 aromatic carbocycles. The SMILES string of the molecule is COc1ccc(/C=C2\SC(=S)N(CCCC(=O)NNC(=O)c3ccccc3OC)C2=O)cc1OC. The molecule has 35 heavy (non-hydrogen) atoms. The van der Waals surface area contributed by atoms with E-state index < -0.39 is 5.91 Å². The van der Waals surface area contributed by atoms with Gasteiger partial charge in [0, 0.05) is 13.0 Å². The first-order valence-electron chi connectivity index (χ1n) is 10.6. The number of rotatable bonds is 9. The van der Waals surface area contributed by atoms with E-state index in [-0.39, 0.29) is 24.8 Å². The fourth-order valence-corrected chi connectivity index (χ4v) is 4.58. The van der Waals surface area contributed by atoms with E-state index in [1.54, 1.807) is 56.7 Å². The third-order valence-corrected chi connectivity index (χ3v) is 6.41. The second-order valence-corrected chi connectivity index (χ2v) is 8.93. The Morgan fingerprint density at radius 1 is 1.00 bits per heavy atom. The third-order valence-electron chi connectivity index (χ3n) is 5.03. The standard InChI is InChI=1S/C24H25N3O6S2/c1-31-17-8-5-4-7-16(17)22(29)26-25-21(28)9-6-12-27-23(30)20(35-24(27)34)14-15-10-11-18(32-2)19(13-15)33-3/h4-5,7-8,10-11,13-14H,6,9,12H2,1-3H3,(H,25,28)(H,26,29)/b20-14-. The van der Waals surface area contributed by atoms with E-state index in [1.807, 2.05) is 6.07 Å². The monoisotopic (exact) mass is 515 g/mol. The van der Waals surface area contributed by atoms with Crippen molar-refractivity contribution in [2.75, 3.05) is 27.9 Å². The van der Waals surface area contributed by atoms with E-state index >= 15 is 0 Å². The van der Waals surface area contributed by atoms with Gasteiger partial charge in [-0.3, -0.25) is 30.1 Å². The van der Waals surface area contributed by atoms with Gasteiger partial charge in [-0.2, -0.15) is 0 Å². The van der Waals surface area contributed by atoms with Crippen molar-refractivity contribution in [2.24, 2.45) is 0 Å². The van der Waals surface area contributed by atoms with E-state index in [9.17, 15) is 14.4 Å². The maximum atomic E-state index is 12.8. The van der Waals surface area contributed by atoms with Gasteiger partial charge < -0.3 is 14.2 Å². The molecule has 0 saturated carbocycles. The minimum atomic E-state index is -0.493. The van der Waals surface area contributed by atoms with Crippen molar-refractivity contribution in [3.63, 3.8) is 0 Å². The van der Waals surface area contributed by atoms with Crippen LogP contribution in [0.5, 0.6) is 17.2 Å². The quantitative estimate of drug-likeness (QED) is 0.298. The smallest absolute Gasteiger partial charge is 0.273 e. The third kappa shape index (κ3) is 6.52. The lowest BCUT2D eigenvalue weighted by Gasteiger charge is -2.14. The Morgan fingerprint density at radius 2 is 1.71 bits per heavy atom. The molecule has 1 heterocycles. The topological polar surface area (TPSA) is 106 Å². The zero-order chi connectivity index (χ0) is 25.4. The minimum absolute atomic E-state index is 0.0952. The van der Waals surface area contributed by atoms with Gasteiger partial charge in [-0.25, -0.2) is 0 Å². The highest BCUT2D eigenvalue weighted by atomic mass is 32.2. The van der Waals surface area contributed by atoms with Crippen LogP contribution in [-0.4, -0.2) is 54.8 Å². The van der Waals surface area contributed by atoms with Crippen molar-refractivity contribution in [3.8, 4) is 17.2 Å². The van der Waals surface area contributed by atoms with Crippen LogP contribution in [0.3, 0.4) is 0 Å². The molecule has 0 spiro atoms. The highest BCUT2D eigenvalue weighted by molar-refractivity contribution is 8.26. The Balaban J connectivity index is 1.51. The molecule has 184 valence electrons. The van der Waals surface area contributed by atoms with Gasteiger partial charge in [0.2, 0.25) is 5.91 Å². The Kier molecular flexibility index (Phi) is 9.10. The summed E-state index contributed by atoms with van der Waals surface area (Å²) in [6.45, 7) is 0.280. The number of amides is 3. The number of thiocarbonyl (C=S) groups is 1. The molecule has 3 rings (SSSR count). The molecule has 9 nitrogen and oxygen atoms in total. The number of nitrogens with one attached hydrogen (secondary N) is 2. The molecule has 0 atom stereocenters.